The predicted octanol–water partition coefficient (Wildman–Crippen LogP) is 16.1. The van der Waals surface area contributed by atoms with Gasteiger partial charge in [0.2, 0.25) is 0 Å². The van der Waals surface area contributed by atoms with Crippen molar-refractivity contribution in [2.24, 2.45) is 0 Å². The van der Waals surface area contributed by atoms with E-state index in [1.165, 1.54) is 116 Å². The Labute approximate surface area is 364 Å². The lowest BCUT2D eigenvalue weighted by Crippen LogP contribution is -2.30. The molecular formula is C53H92O6. The summed E-state index contributed by atoms with van der Waals surface area (Å²) in [6.45, 7) is 6.47. The first-order valence-corrected chi connectivity index (χ1v) is 24.8. The number of allylic oxidation sites excluding steroid dienone is 10. The van der Waals surface area contributed by atoms with Crippen LogP contribution in [0.5, 0.6) is 0 Å². The molecule has 0 saturated heterocycles. The molecule has 1 unspecified atom stereocenters. The molecule has 0 N–H and O–H groups in total. The number of hydrogen-bond donors (Lipinski definition) is 0. The smallest absolute Gasteiger partial charge is 0.306 e. The van der Waals surface area contributed by atoms with Crippen LogP contribution in [0.15, 0.2) is 60.8 Å². The van der Waals surface area contributed by atoms with E-state index in [1.807, 2.05) is 0 Å². The lowest BCUT2D eigenvalue weighted by Gasteiger charge is -2.18. The van der Waals surface area contributed by atoms with E-state index in [0.29, 0.717) is 19.3 Å². The first-order chi connectivity index (χ1) is 29.0. The molecule has 59 heavy (non-hydrogen) atoms. The van der Waals surface area contributed by atoms with Gasteiger partial charge in [-0.25, -0.2) is 0 Å². The summed E-state index contributed by atoms with van der Waals surface area (Å²) in [4.78, 5) is 37.8. The molecule has 0 heterocycles. The van der Waals surface area contributed by atoms with Crippen LogP contribution in [-0.4, -0.2) is 37.2 Å². The topological polar surface area (TPSA) is 78.9 Å². The van der Waals surface area contributed by atoms with Crippen molar-refractivity contribution in [1.82, 2.24) is 0 Å². The maximum atomic E-state index is 12.7. The number of rotatable bonds is 44. The van der Waals surface area contributed by atoms with Gasteiger partial charge in [0.1, 0.15) is 13.2 Å². The highest BCUT2D eigenvalue weighted by Crippen LogP contribution is 2.15. The Kier molecular flexibility index (Phi) is 45.4. The van der Waals surface area contributed by atoms with E-state index >= 15 is 0 Å². The minimum Gasteiger partial charge on any atom is -0.462 e. The summed E-state index contributed by atoms with van der Waals surface area (Å²) in [5, 5.41) is 0. The summed E-state index contributed by atoms with van der Waals surface area (Å²) in [7, 11) is 0. The van der Waals surface area contributed by atoms with Gasteiger partial charge in [0.15, 0.2) is 6.10 Å². The molecule has 0 aliphatic rings. The zero-order valence-electron chi connectivity index (χ0n) is 38.8. The molecule has 0 spiro atoms. The molecule has 0 radical (unpaired) electrons. The summed E-state index contributed by atoms with van der Waals surface area (Å²) < 4.78 is 16.7. The fourth-order valence-electron chi connectivity index (χ4n) is 6.83. The Morgan fingerprint density at radius 3 is 1.03 bits per heavy atom. The minimum atomic E-state index is -0.791. The van der Waals surface area contributed by atoms with Gasteiger partial charge in [0.05, 0.1) is 0 Å². The maximum absolute atomic E-state index is 12.7. The van der Waals surface area contributed by atoms with Gasteiger partial charge in [-0.2, -0.15) is 0 Å². The van der Waals surface area contributed by atoms with E-state index in [9.17, 15) is 14.4 Å². The number of carbonyl (C=O) groups is 3. The van der Waals surface area contributed by atoms with Crippen molar-refractivity contribution in [3.63, 3.8) is 0 Å². The molecular weight excluding hydrogens is 733 g/mol. The zero-order valence-corrected chi connectivity index (χ0v) is 38.8. The second-order valence-electron chi connectivity index (χ2n) is 16.4. The number of carbonyl (C=O) groups excluding carboxylic acids is 3. The summed E-state index contributed by atoms with van der Waals surface area (Å²) in [6, 6.07) is 0. The molecule has 0 aromatic carbocycles. The van der Waals surface area contributed by atoms with E-state index in [4.69, 9.17) is 14.2 Å². The molecule has 0 fully saturated rings. The van der Waals surface area contributed by atoms with Crippen LogP contribution in [-0.2, 0) is 28.6 Å². The average molecular weight is 825 g/mol. The molecule has 0 saturated carbocycles. The second-order valence-corrected chi connectivity index (χ2v) is 16.4. The number of unbranched alkanes of at least 4 members (excludes halogenated alkanes) is 23. The monoisotopic (exact) mass is 825 g/mol. The Bertz CT molecular complexity index is 1090. The largest absolute Gasteiger partial charge is 0.462 e. The van der Waals surface area contributed by atoms with Crippen LogP contribution in [0.2, 0.25) is 0 Å². The SMILES string of the molecule is CC/C=C\C/C=C\C/C=C\C/C=C\C/C=C\CCCC(=O)OCC(COC(=O)CCCCCCCCCCCCCC)OC(=O)CCCCCCCCCCCCCC. The summed E-state index contributed by atoms with van der Waals surface area (Å²) in [6.07, 6.45) is 57.8. The fraction of sp³-hybridized carbons (Fsp3) is 0.755. The van der Waals surface area contributed by atoms with Crippen molar-refractivity contribution >= 4 is 17.9 Å². The van der Waals surface area contributed by atoms with Crippen molar-refractivity contribution < 1.29 is 28.6 Å². The highest BCUT2D eigenvalue weighted by molar-refractivity contribution is 5.71. The van der Waals surface area contributed by atoms with E-state index < -0.39 is 6.10 Å². The Hall–Kier alpha value is -2.89. The van der Waals surface area contributed by atoms with E-state index in [1.54, 1.807) is 0 Å². The minimum absolute atomic E-state index is 0.0887. The van der Waals surface area contributed by atoms with Gasteiger partial charge < -0.3 is 14.2 Å². The Morgan fingerprint density at radius 1 is 0.356 bits per heavy atom. The van der Waals surface area contributed by atoms with Crippen LogP contribution in [0, 0.1) is 0 Å². The van der Waals surface area contributed by atoms with Crippen molar-refractivity contribution in [3.05, 3.63) is 60.8 Å². The van der Waals surface area contributed by atoms with Gasteiger partial charge in [-0.1, -0.05) is 223 Å². The molecule has 0 aromatic heterocycles. The second kappa shape index (κ2) is 47.8. The maximum Gasteiger partial charge on any atom is 0.306 e. The molecule has 0 rings (SSSR count). The number of ether oxygens (including phenoxy) is 3. The van der Waals surface area contributed by atoms with E-state index in [-0.39, 0.29) is 37.5 Å². The lowest BCUT2D eigenvalue weighted by atomic mass is 10.0. The Morgan fingerprint density at radius 2 is 0.661 bits per heavy atom. The molecule has 340 valence electrons. The van der Waals surface area contributed by atoms with Gasteiger partial charge in [-0.3, -0.25) is 14.4 Å². The molecule has 6 heteroatoms. The fourth-order valence-corrected chi connectivity index (χ4v) is 6.83. The summed E-state index contributed by atoms with van der Waals surface area (Å²) in [5.41, 5.74) is 0. The zero-order chi connectivity index (χ0) is 43.0. The highest BCUT2D eigenvalue weighted by atomic mass is 16.6. The summed E-state index contributed by atoms with van der Waals surface area (Å²) in [5.74, 6) is -0.946. The van der Waals surface area contributed by atoms with E-state index in [0.717, 1.165) is 77.0 Å². The van der Waals surface area contributed by atoms with E-state index in [2.05, 4.69) is 81.5 Å². The van der Waals surface area contributed by atoms with Crippen LogP contribution in [0.3, 0.4) is 0 Å². The van der Waals surface area contributed by atoms with Crippen molar-refractivity contribution in [3.8, 4) is 0 Å². The van der Waals surface area contributed by atoms with Crippen molar-refractivity contribution in [1.29, 1.82) is 0 Å². The Balaban J connectivity index is 4.45. The normalized spacial score (nSPS) is 12.5. The number of esters is 3. The molecule has 6 nitrogen and oxygen atoms in total. The van der Waals surface area contributed by atoms with Gasteiger partial charge in [-0.15, -0.1) is 0 Å². The molecule has 0 bridgehead atoms. The van der Waals surface area contributed by atoms with Gasteiger partial charge in [-0.05, 0) is 57.8 Å². The molecule has 0 amide bonds. The van der Waals surface area contributed by atoms with Gasteiger partial charge in [0.25, 0.3) is 0 Å². The van der Waals surface area contributed by atoms with Crippen LogP contribution >= 0.6 is 0 Å². The van der Waals surface area contributed by atoms with Gasteiger partial charge >= 0.3 is 17.9 Å². The van der Waals surface area contributed by atoms with Crippen LogP contribution < -0.4 is 0 Å². The molecule has 0 aromatic rings. The first-order valence-electron chi connectivity index (χ1n) is 24.8. The number of hydrogen-bond acceptors (Lipinski definition) is 6. The quantitative estimate of drug-likeness (QED) is 0.0263. The van der Waals surface area contributed by atoms with Crippen LogP contribution in [0.1, 0.15) is 239 Å². The predicted molar refractivity (Wildman–Crippen MR) is 251 cm³/mol. The standard InChI is InChI=1S/C53H92O6/c1-4-7-10-13-16-19-22-25-26-27-28-29-32-34-37-40-43-46-52(55)58-49-50(59-53(56)47-44-41-38-35-31-24-21-18-15-12-9-6-3)48-57-51(54)45-42-39-36-33-30-23-20-17-14-11-8-5-2/h7,10,16,19,25-26,28-29,34,37,50H,4-6,8-9,11-15,17-18,20-24,27,30-33,35-36,38-49H2,1-3H3/b10-7-,19-16-,26-25-,29-28-,37-34-. The van der Waals surface area contributed by atoms with Crippen LogP contribution in [0.4, 0.5) is 0 Å². The highest BCUT2D eigenvalue weighted by Gasteiger charge is 2.19. The lowest BCUT2D eigenvalue weighted by molar-refractivity contribution is -0.167. The van der Waals surface area contributed by atoms with Gasteiger partial charge in [0, 0.05) is 19.3 Å². The third-order valence-electron chi connectivity index (χ3n) is 10.5. The average Bonchev–Trinajstić information content (AvgIpc) is 3.23. The molecule has 0 aliphatic heterocycles. The third kappa shape index (κ3) is 46.0. The van der Waals surface area contributed by atoms with Crippen molar-refractivity contribution in [2.45, 2.75) is 245 Å². The molecule has 1 atom stereocenters. The summed E-state index contributed by atoms with van der Waals surface area (Å²) >= 11 is 0. The van der Waals surface area contributed by atoms with Crippen molar-refractivity contribution in [2.75, 3.05) is 13.2 Å². The van der Waals surface area contributed by atoms with Crippen LogP contribution in [0.25, 0.3) is 0 Å². The first kappa shape index (κ1) is 56.1. The third-order valence-corrected chi connectivity index (χ3v) is 10.5. The molecule has 0 aliphatic carbocycles.